The molecule has 6 heteroatoms. The highest BCUT2D eigenvalue weighted by Crippen LogP contribution is 2.20. The van der Waals surface area contributed by atoms with Gasteiger partial charge in [-0.1, -0.05) is 35.9 Å². The lowest BCUT2D eigenvalue weighted by molar-refractivity contribution is -0.129. The molecule has 2 aromatic rings. The molecule has 1 fully saturated rings. The fraction of sp³-hybridized carbons (Fsp3) is 0.263. The maximum absolute atomic E-state index is 12.2. The van der Waals surface area contributed by atoms with Crippen molar-refractivity contribution in [3.8, 4) is 0 Å². The number of carbonyl (C=O) groups excluding carboxylic acids is 2. The summed E-state index contributed by atoms with van der Waals surface area (Å²) in [5.74, 6) is -0.340. The van der Waals surface area contributed by atoms with Crippen molar-refractivity contribution in [3.63, 3.8) is 0 Å². The average Bonchev–Trinajstić information content (AvgIpc) is 2.61. The fourth-order valence-electron chi connectivity index (χ4n) is 2.74. The van der Waals surface area contributed by atoms with E-state index in [0.29, 0.717) is 23.7 Å². The molecule has 1 heterocycles. The van der Waals surface area contributed by atoms with Crippen LogP contribution in [0.2, 0.25) is 5.02 Å². The molecule has 1 N–H and O–H groups in total. The number of anilines is 1. The highest BCUT2D eigenvalue weighted by Gasteiger charge is 2.28. The number of amides is 2. The number of aryl methyl sites for hydroxylation is 1. The minimum atomic E-state index is -0.273. The van der Waals surface area contributed by atoms with Crippen LogP contribution in [-0.2, 0) is 9.53 Å². The fourth-order valence-corrected chi connectivity index (χ4v) is 2.96. The Bertz CT molecular complexity index is 794. The molecule has 1 atom stereocenters. The molecule has 1 unspecified atom stereocenters. The van der Waals surface area contributed by atoms with E-state index >= 15 is 0 Å². The number of nitrogens with one attached hydrogen (secondary N) is 1. The van der Waals surface area contributed by atoms with Gasteiger partial charge in [0, 0.05) is 12.2 Å². The van der Waals surface area contributed by atoms with Gasteiger partial charge < -0.3 is 15.0 Å². The second kappa shape index (κ2) is 7.68. The van der Waals surface area contributed by atoms with Gasteiger partial charge in [-0.3, -0.25) is 9.59 Å². The van der Waals surface area contributed by atoms with Crippen LogP contribution in [0.15, 0.2) is 48.5 Å². The van der Waals surface area contributed by atoms with E-state index in [1.807, 2.05) is 31.2 Å². The van der Waals surface area contributed by atoms with E-state index in [2.05, 4.69) is 5.32 Å². The lowest BCUT2D eigenvalue weighted by Gasteiger charge is -2.33. The summed E-state index contributed by atoms with van der Waals surface area (Å²) in [5, 5.41) is 3.23. The van der Waals surface area contributed by atoms with E-state index in [1.165, 1.54) is 0 Å². The molecule has 130 valence electrons. The summed E-state index contributed by atoms with van der Waals surface area (Å²) in [7, 11) is 0. The first-order chi connectivity index (χ1) is 12.0. The summed E-state index contributed by atoms with van der Waals surface area (Å²) < 4.78 is 5.55. The number of rotatable bonds is 4. The molecule has 0 saturated carbocycles. The Morgan fingerprint density at radius 2 is 2.08 bits per heavy atom. The van der Waals surface area contributed by atoms with Crippen molar-refractivity contribution < 1.29 is 14.3 Å². The monoisotopic (exact) mass is 358 g/mol. The van der Waals surface area contributed by atoms with Crippen LogP contribution in [0.5, 0.6) is 0 Å². The van der Waals surface area contributed by atoms with Crippen LogP contribution in [0.3, 0.4) is 0 Å². The summed E-state index contributed by atoms with van der Waals surface area (Å²) >= 11 is 6.03. The zero-order valence-corrected chi connectivity index (χ0v) is 14.6. The highest BCUT2D eigenvalue weighted by molar-refractivity contribution is 6.33. The van der Waals surface area contributed by atoms with E-state index in [-0.39, 0.29) is 24.5 Å². The van der Waals surface area contributed by atoms with Crippen LogP contribution in [0.25, 0.3) is 0 Å². The third kappa shape index (κ3) is 4.18. The van der Waals surface area contributed by atoms with E-state index in [0.717, 1.165) is 11.3 Å². The number of nitrogens with zero attached hydrogens (tertiary/aromatic N) is 1. The second-order valence-electron chi connectivity index (χ2n) is 5.97. The molecule has 0 spiro atoms. The van der Waals surface area contributed by atoms with Crippen molar-refractivity contribution in [2.45, 2.75) is 13.0 Å². The number of carbonyl (C=O) groups is 2. The normalized spacial score (nSPS) is 17.4. The molecule has 5 nitrogen and oxygen atoms in total. The maximum Gasteiger partial charge on any atom is 0.253 e. The lowest BCUT2D eigenvalue weighted by Crippen LogP contribution is -2.50. The number of hydrogen-bond donors (Lipinski definition) is 1. The minimum Gasteiger partial charge on any atom is -0.365 e. The third-order valence-electron chi connectivity index (χ3n) is 4.05. The number of hydrogen-bond acceptors (Lipinski definition) is 3. The first-order valence-corrected chi connectivity index (χ1v) is 8.44. The van der Waals surface area contributed by atoms with Gasteiger partial charge in [0.2, 0.25) is 0 Å². The van der Waals surface area contributed by atoms with Crippen molar-refractivity contribution in [1.29, 1.82) is 0 Å². The maximum atomic E-state index is 12.2. The number of morpholine rings is 1. The number of ether oxygens (including phenoxy) is 1. The van der Waals surface area contributed by atoms with Crippen molar-refractivity contribution in [3.05, 3.63) is 64.7 Å². The summed E-state index contributed by atoms with van der Waals surface area (Å²) in [6.45, 7) is 2.68. The molecule has 1 aliphatic rings. The Morgan fingerprint density at radius 1 is 1.28 bits per heavy atom. The molecule has 1 aliphatic heterocycles. The molecule has 0 aliphatic carbocycles. The Morgan fingerprint density at radius 3 is 2.84 bits per heavy atom. The van der Waals surface area contributed by atoms with E-state index in [9.17, 15) is 9.59 Å². The minimum absolute atomic E-state index is 0.000568. The zero-order chi connectivity index (χ0) is 17.8. The smallest absolute Gasteiger partial charge is 0.253 e. The number of benzene rings is 2. The van der Waals surface area contributed by atoms with Crippen molar-refractivity contribution in [2.75, 3.05) is 24.6 Å². The Kier molecular flexibility index (Phi) is 5.36. The molecule has 0 aromatic heterocycles. The van der Waals surface area contributed by atoms with Crippen molar-refractivity contribution >= 4 is 29.1 Å². The largest absolute Gasteiger partial charge is 0.365 e. The predicted molar refractivity (Wildman–Crippen MR) is 97.1 cm³/mol. The van der Waals surface area contributed by atoms with E-state index in [1.54, 1.807) is 29.2 Å². The van der Waals surface area contributed by atoms with E-state index in [4.69, 9.17) is 16.3 Å². The third-order valence-corrected chi connectivity index (χ3v) is 4.38. The van der Waals surface area contributed by atoms with Gasteiger partial charge in [-0.15, -0.1) is 0 Å². The van der Waals surface area contributed by atoms with Gasteiger partial charge in [-0.25, -0.2) is 0 Å². The van der Waals surface area contributed by atoms with Crippen LogP contribution in [0.4, 0.5) is 5.69 Å². The lowest BCUT2D eigenvalue weighted by atomic mass is 10.1. The molecule has 2 aromatic carbocycles. The number of halogens is 1. The van der Waals surface area contributed by atoms with Gasteiger partial charge in [-0.05, 0) is 36.8 Å². The molecule has 2 amide bonds. The standard InChI is InChI=1S/C19H19ClN2O3/c1-13-5-4-6-14(9-13)22-11-15(25-12-18(22)23)10-21-19(24)16-7-2-3-8-17(16)20/h2-9,15H,10-12H2,1H3,(H,21,24). The summed E-state index contributed by atoms with van der Waals surface area (Å²) in [6.07, 6.45) is -0.273. The predicted octanol–water partition coefficient (Wildman–Crippen LogP) is 2.81. The van der Waals surface area contributed by atoms with Crippen LogP contribution in [0, 0.1) is 6.92 Å². The van der Waals surface area contributed by atoms with Crippen molar-refractivity contribution in [2.24, 2.45) is 0 Å². The molecule has 0 radical (unpaired) electrons. The van der Waals surface area contributed by atoms with Gasteiger partial charge in [0.1, 0.15) is 6.61 Å². The molecule has 3 rings (SSSR count). The van der Waals surface area contributed by atoms with Gasteiger partial charge in [0.25, 0.3) is 11.8 Å². The van der Waals surface area contributed by atoms with Gasteiger partial charge in [0.15, 0.2) is 0 Å². The molecule has 0 bridgehead atoms. The SMILES string of the molecule is Cc1cccc(N2CC(CNC(=O)c3ccccc3Cl)OCC2=O)c1. The summed E-state index contributed by atoms with van der Waals surface area (Å²) in [4.78, 5) is 26.1. The first kappa shape index (κ1) is 17.5. The second-order valence-corrected chi connectivity index (χ2v) is 6.37. The average molecular weight is 359 g/mol. The summed E-state index contributed by atoms with van der Waals surface area (Å²) in [6, 6.07) is 14.6. The first-order valence-electron chi connectivity index (χ1n) is 8.06. The Balaban J connectivity index is 1.63. The zero-order valence-electron chi connectivity index (χ0n) is 13.9. The molecule has 25 heavy (non-hydrogen) atoms. The van der Waals surface area contributed by atoms with Crippen molar-refractivity contribution in [1.82, 2.24) is 5.32 Å². The Hall–Kier alpha value is -2.37. The van der Waals surface area contributed by atoms with Crippen LogP contribution < -0.4 is 10.2 Å². The Labute approximate surface area is 151 Å². The quantitative estimate of drug-likeness (QED) is 0.914. The molecular weight excluding hydrogens is 340 g/mol. The van der Waals surface area contributed by atoms with Gasteiger partial charge >= 0.3 is 0 Å². The van der Waals surface area contributed by atoms with Crippen LogP contribution in [0.1, 0.15) is 15.9 Å². The molecule has 1 saturated heterocycles. The van der Waals surface area contributed by atoms with Gasteiger partial charge in [-0.2, -0.15) is 0 Å². The van der Waals surface area contributed by atoms with Crippen LogP contribution in [-0.4, -0.2) is 37.6 Å². The molecular formula is C19H19ClN2O3. The van der Waals surface area contributed by atoms with Crippen LogP contribution >= 0.6 is 11.6 Å². The van der Waals surface area contributed by atoms with E-state index < -0.39 is 0 Å². The summed E-state index contributed by atoms with van der Waals surface area (Å²) in [5.41, 5.74) is 2.35. The topological polar surface area (TPSA) is 58.6 Å². The van der Waals surface area contributed by atoms with Gasteiger partial charge in [0.05, 0.1) is 23.2 Å². The highest BCUT2D eigenvalue weighted by atomic mass is 35.5.